The SMILES string of the molecule is Cc1ccc([Si](c2ccccc2)(c2ccccc2)n2c3ccccc3c3ccccc32)cc1. The maximum Gasteiger partial charge on any atom is 0.257 e. The van der Waals surface area contributed by atoms with Crippen LogP contribution in [0.2, 0.25) is 0 Å². The van der Waals surface area contributed by atoms with Crippen molar-refractivity contribution in [3.05, 3.63) is 139 Å². The van der Waals surface area contributed by atoms with Crippen LogP contribution in [-0.2, 0) is 0 Å². The van der Waals surface area contributed by atoms with E-state index in [9.17, 15) is 0 Å². The molecule has 6 rings (SSSR count). The minimum Gasteiger partial charge on any atom is -0.355 e. The van der Waals surface area contributed by atoms with E-state index in [1.54, 1.807) is 0 Å². The number of nitrogens with zero attached hydrogens (tertiary/aromatic N) is 1. The van der Waals surface area contributed by atoms with Crippen molar-refractivity contribution in [1.29, 1.82) is 0 Å². The number of para-hydroxylation sites is 2. The molecule has 0 spiro atoms. The summed E-state index contributed by atoms with van der Waals surface area (Å²) in [7, 11) is -2.68. The Balaban J connectivity index is 1.88. The van der Waals surface area contributed by atoms with E-state index in [2.05, 4.69) is 145 Å². The predicted molar refractivity (Wildman–Crippen MR) is 144 cm³/mol. The van der Waals surface area contributed by atoms with Crippen LogP contribution in [-0.4, -0.2) is 12.5 Å². The zero-order chi connectivity index (χ0) is 22.3. The van der Waals surface area contributed by atoms with Crippen LogP contribution in [0.3, 0.4) is 0 Å². The highest BCUT2D eigenvalue weighted by Crippen LogP contribution is 2.31. The van der Waals surface area contributed by atoms with Gasteiger partial charge in [0.25, 0.3) is 8.24 Å². The number of aromatic nitrogens is 1. The van der Waals surface area contributed by atoms with Crippen molar-refractivity contribution in [3.8, 4) is 0 Å². The number of fused-ring (bicyclic) bond motifs is 3. The lowest BCUT2D eigenvalue weighted by atomic mass is 10.2. The van der Waals surface area contributed by atoms with Gasteiger partial charge in [0.05, 0.1) is 0 Å². The van der Waals surface area contributed by atoms with Gasteiger partial charge in [0.2, 0.25) is 0 Å². The van der Waals surface area contributed by atoms with Gasteiger partial charge in [0, 0.05) is 21.8 Å². The first-order chi connectivity index (χ1) is 16.3. The molecule has 0 aliphatic heterocycles. The topological polar surface area (TPSA) is 4.93 Å². The second-order valence-corrected chi connectivity index (χ2v) is 12.3. The van der Waals surface area contributed by atoms with Crippen LogP contribution in [0.1, 0.15) is 5.56 Å². The Kier molecular flexibility index (Phi) is 4.74. The normalized spacial score (nSPS) is 11.8. The summed E-state index contributed by atoms with van der Waals surface area (Å²) in [5, 5.41) is 6.77. The molecule has 33 heavy (non-hydrogen) atoms. The number of hydrogen-bond acceptors (Lipinski definition) is 0. The molecular weight excluding hydrogens is 414 g/mol. The molecule has 0 aliphatic carbocycles. The number of rotatable bonds is 4. The molecule has 0 radical (unpaired) electrons. The monoisotopic (exact) mass is 439 g/mol. The van der Waals surface area contributed by atoms with Gasteiger partial charge in [0.15, 0.2) is 0 Å². The second kappa shape index (κ2) is 7.91. The summed E-state index contributed by atoms with van der Waals surface area (Å²) < 4.78 is 2.69. The highest BCUT2D eigenvalue weighted by molar-refractivity contribution is 7.11. The van der Waals surface area contributed by atoms with Crippen LogP contribution in [0, 0.1) is 6.92 Å². The summed E-state index contributed by atoms with van der Waals surface area (Å²) in [5.74, 6) is 0. The highest BCUT2D eigenvalue weighted by atomic mass is 28.3. The minimum absolute atomic E-state index is 1.28. The molecule has 2 heteroatoms. The van der Waals surface area contributed by atoms with Gasteiger partial charge in [0.1, 0.15) is 0 Å². The van der Waals surface area contributed by atoms with Gasteiger partial charge >= 0.3 is 0 Å². The van der Waals surface area contributed by atoms with E-state index in [0.717, 1.165) is 0 Å². The summed E-state index contributed by atoms with van der Waals surface area (Å²) in [4.78, 5) is 0. The summed E-state index contributed by atoms with van der Waals surface area (Å²) in [6.45, 7) is 2.17. The van der Waals surface area contributed by atoms with Gasteiger partial charge < -0.3 is 4.23 Å². The third kappa shape index (κ3) is 2.99. The molecular formula is C31H25NSi. The smallest absolute Gasteiger partial charge is 0.257 e. The van der Waals surface area contributed by atoms with E-state index >= 15 is 0 Å². The average Bonchev–Trinajstić information content (AvgIpc) is 3.22. The molecule has 0 saturated heterocycles. The molecule has 0 bridgehead atoms. The van der Waals surface area contributed by atoms with Gasteiger partial charge in [-0.05, 0) is 34.6 Å². The number of benzene rings is 5. The first-order valence-electron chi connectivity index (χ1n) is 11.5. The van der Waals surface area contributed by atoms with Gasteiger partial charge in [-0.3, -0.25) is 0 Å². The lowest BCUT2D eigenvalue weighted by Crippen LogP contribution is -2.72. The maximum atomic E-state index is 2.69. The fraction of sp³-hybridized carbons (Fsp3) is 0.0323. The van der Waals surface area contributed by atoms with Crippen LogP contribution in [0.15, 0.2) is 133 Å². The molecule has 1 heterocycles. The minimum atomic E-state index is -2.68. The quantitative estimate of drug-likeness (QED) is 0.248. The molecule has 5 aromatic carbocycles. The Morgan fingerprint density at radius 2 is 0.818 bits per heavy atom. The molecule has 0 fully saturated rings. The maximum absolute atomic E-state index is 2.69. The fourth-order valence-corrected chi connectivity index (χ4v) is 10.2. The lowest BCUT2D eigenvalue weighted by Gasteiger charge is -2.36. The van der Waals surface area contributed by atoms with Crippen LogP contribution >= 0.6 is 0 Å². The van der Waals surface area contributed by atoms with Gasteiger partial charge in [-0.1, -0.05) is 127 Å². The van der Waals surface area contributed by atoms with E-state index in [0.29, 0.717) is 0 Å². The lowest BCUT2D eigenvalue weighted by molar-refractivity contribution is 1.30. The summed E-state index contributed by atoms with van der Waals surface area (Å²) in [6.07, 6.45) is 0. The van der Waals surface area contributed by atoms with Crippen molar-refractivity contribution in [2.45, 2.75) is 6.92 Å². The Morgan fingerprint density at radius 1 is 0.424 bits per heavy atom. The van der Waals surface area contributed by atoms with E-state index < -0.39 is 8.24 Å². The van der Waals surface area contributed by atoms with Crippen molar-refractivity contribution >= 4 is 45.6 Å². The van der Waals surface area contributed by atoms with Crippen molar-refractivity contribution in [3.63, 3.8) is 0 Å². The van der Waals surface area contributed by atoms with E-state index in [1.165, 1.54) is 42.9 Å². The van der Waals surface area contributed by atoms with Crippen molar-refractivity contribution in [2.24, 2.45) is 0 Å². The van der Waals surface area contributed by atoms with Crippen molar-refractivity contribution in [2.75, 3.05) is 0 Å². The second-order valence-electron chi connectivity index (χ2n) is 8.68. The Labute approximate surface area is 195 Å². The van der Waals surface area contributed by atoms with Crippen LogP contribution < -0.4 is 15.6 Å². The van der Waals surface area contributed by atoms with E-state index in [1.807, 2.05) is 0 Å². The zero-order valence-corrected chi connectivity index (χ0v) is 19.6. The molecule has 6 aromatic rings. The summed E-state index contributed by atoms with van der Waals surface area (Å²) in [5.41, 5.74) is 3.86. The molecule has 0 unspecified atom stereocenters. The Morgan fingerprint density at radius 3 is 1.30 bits per heavy atom. The summed E-state index contributed by atoms with van der Waals surface area (Å²) in [6, 6.07) is 49.2. The van der Waals surface area contributed by atoms with Gasteiger partial charge in [-0.25, -0.2) is 0 Å². The molecule has 0 saturated carbocycles. The van der Waals surface area contributed by atoms with E-state index in [4.69, 9.17) is 0 Å². The van der Waals surface area contributed by atoms with Gasteiger partial charge in [-0.15, -0.1) is 0 Å². The molecule has 1 aromatic heterocycles. The Hall–Kier alpha value is -3.88. The van der Waals surface area contributed by atoms with E-state index in [-0.39, 0.29) is 0 Å². The largest absolute Gasteiger partial charge is 0.355 e. The van der Waals surface area contributed by atoms with Crippen molar-refractivity contribution < 1.29 is 0 Å². The average molecular weight is 440 g/mol. The van der Waals surface area contributed by atoms with Crippen LogP contribution in [0.25, 0.3) is 21.8 Å². The first-order valence-corrected chi connectivity index (χ1v) is 13.4. The molecule has 0 atom stereocenters. The Bertz CT molecular complexity index is 1450. The molecule has 0 amide bonds. The molecule has 1 nitrogen and oxygen atoms in total. The van der Waals surface area contributed by atoms with Crippen LogP contribution in [0.5, 0.6) is 0 Å². The molecule has 0 N–H and O–H groups in total. The van der Waals surface area contributed by atoms with Crippen LogP contribution in [0.4, 0.5) is 0 Å². The standard InChI is InChI=1S/C31H25NSi/c1-24-20-22-27(23-21-24)33(25-12-4-2-5-13-25,26-14-6-3-7-15-26)32-30-18-10-8-16-28(30)29-17-9-11-19-31(29)32/h2-23H,1H3. The third-order valence-corrected chi connectivity index (χ3v) is 11.4. The molecule has 0 aliphatic rings. The molecule has 158 valence electrons. The number of aryl methyl sites for hydroxylation is 1. The zero-order valence-electron chi connectivity index (χ0n) is 18.6. The predicted octanol–water partition coefficient (Wildman–Crippen LogP) is 5.62. The fourth-order valence-electron chi connectivity index (χ4n) is 5.32. The summed E-state index contributed by atoms with van der Waals surface area (Å²) >= 11 is 0. The third-order valence-electron chi connectivity index (χ3n) is 6.77. The highest BCUT2D eigenvalue weighted by Gasteiger charge is 2.44. The number of hydrogen-bond donors (Lipinski definition) is 0. The van der Waals surface area contributed by atoms with Gasteiger partial charge in [-0.2, -0.15) is 0 Å². The first kappa shape index (κ1) is 19.8. The van der Waals surface area contributed by atoms with Crippen molar-refractivity contribution in [1.82, 2.24) is 4.23 Å².